The maximum atomic E-state index is 12.4. The Balaban J connectivity index is 1.43. The number of fused-ring (bicyclic) bond motifs is 2. The quantitative estimate of drug-likeness (QED) is 0.672. The molecule has 3 aromatic rings. The van der Waals surface area contributed by atoms with E-state index < -0.39 is 5.92 Å². The fraction of sp³-hybridized carbons (Fsp3) is 0.250. The van der Waals surface area contributed by atoms with Gasteiger partial charge in [-0.25, -0.2) is 0 Å². The van der Waals surface area contributed by atoms with Crippen LogP contribution in [-0.2, 0) is 16.1 Å². The van der Waals surface area contributed by atoms with Gasteiger partial charge in [0.2, 0.25) is 0 Å². The molecule has 5 nitrogen and oxygen atoms in total. The summed E-state index contributed by atoms with van der Waals surface area (Å²) in [6.45, 7) is 2.98. The molecule has 0 bridgehead atoms. The van der Waals surface area contributed by atoms with E-state index in [4.69, 9.17) is 18.6 Å². The lowest BCUT2D eigenvalue weighted by atomic mass is 10.0. The van der Waals surface area contributed by atoms with Gasteiger partial charge in [0, 0.05) is 5.39 Å². The van der Waals surface area contributed by atoms with Crippen LogP contribution in [0.15, 0.2) is 52.9 Å². The van der Waals surface area contributed by atoms with Gasteiger partial charge in [0.15, 0.2) is 11.5 Å². The summed E-state index contributed by atoms with van der Waals surface area (Å²) in [5.41, 5.74) is 1.62. The third-order valence-corrected chi connectivity index (χ3v) is 4.25. The molecule has 1 aliphatic heterocycles. The molecule has 0 fully saturated rings. The van der Waals surface area contributed by atoms with E-state index in [0.717, 1.165) is 16.5 Å². The molecule has 5 heteroatoms. The Morgan fingerprint density at radius 2 is 1.88 bits per heavy atom. The van der Waals surface area contributed by atoms with E-state index in [9.17, 15) is 4.79 Å². The largest absolute Gasteiger partial charge is 0.486 e. The molecule has 2 heterocycles. The molecule has 0 aliphatic carbocycles. The zero-order valence-electron chi connectivity index (χ0n) is 13.9. The van der Waals surface area contributed by atoms with E-state index in [0.29, 0.717) is 30.5 Å². The van der Waals surface area contributed by atoms with Crippen molar-refractivity contribution in [2.24, 2.45) is 0 Å². The minimum Gasteiger partial charge on any atom is -0.486 e. The number of esters is 1. The van der Waals surface area contributed by atoms with E-state index in [2.05, 4.69) is 0 Å². The first-order chi connectivity index (χ1) is 12.2. The molecule has 0 saturated carbocycles. The van der Waals surface area contributed by atoms with Crippen molar-refractivity contribution in [3.63, 3.8) is 0 Å². The molecule has 0 saturated heterocycles. The topological polar surface area (TPSA) is 57.9 Å². The van der Waals surface area contributed by atoms with Crippen LogP contribution in [-0.4, -0.2) is 19.2 Å². The van der Waals surface area contributed by atoms with Crippen molar-refractivity contribution in [3.05, 3.63) is 59.9 Å². The second kappa shape index (κ2) is 6.51. The average Bonchev–Trinajstić information content (AvgIpc) is 3.08. The zero-order valence-corrected chi connectivity index (χ0v) is 13.9. The Bertz CT molecular complexity index is 878. The second-order valence-corrected chi connectivity index (χ2v) is 5.98. The average molecular weight is 338 g/mol. The smallest absolute Gasteiger partial charge is 0.313 e. The molecule has 1 unspecified atom stereocenters. The minimum atomic E-state index is -0.403. The summed E-state index contributed by atoms with van der Waals surface area (Å²) in [4.78, 5) is 12.4. The van der Waals surface area contributed by atoms with Crippen molar-refractivity contribution in [1.82, 2.24) is 0 Å². The molecule has 4 rings (SSSR count). The zero-order chi connectivity index (χ0) is 17.2. The van der Waals surface area contributed by atoms with Crippen LogP contribution in [0.25, 0.3) is 11.0 Å². The molecule has 0 amide bonds. The highest BCUT2D eigenvalue weighted by Crippen LogP contribution is 2.33. The molecule has 128 valence electrons. The number of hydrogen-bond donors (Lipinski definition) is 0. The van der Waals surface area contributed by atoms with Gasteiger partial charge in [-0.3, -0.25) is 4.79 Å². The van der Waals surface area contributed by atoms with Crippen molar-refractivity contribution >= 4 is 16.9 Å². The first-order valence-electron chi connectivity index (χ1n) is 8.24. The lowest BCUT2D eigenvalue weighted by Crippen LogP contribution is -2.17. The molecular weight excluding hydrogens is 320 g/mol. The third kappa shape index (κ3) is 3.18. The van der Waals surface area contributed by atoms with Crippen molar-refractivity contribution in [2.45, 2.75) is 19.4 Å². The summed E-state index contributed by atoms with van der Waals surface area (Å²) in [5.74, 6) is 1.29. The number of carbonyl (C=O) groups is 1. The van der Waals surface area contributed by atoms with Crippen molar-refractivity contribution < 1.29 is 23.4 Å². The van der Waals surface area contributed by atoms with Crippen molar-refractivity contribution in [2.75, 3.05) is 13.2 Å². The Hall–Kier alpha value is -2.95. The molecule has 25 heavy (non-hydrogen) atoms. The summed E-state index contributed by atoms with van der Waals surface area (Å²) >= 11 is 0. The Morgan fingerprint density at radius 3 is 2.72 bits per heavy atom. The monoisotopic (exact) mass is 338 g/mol. The molecule has 2 aromatic carbocycles. The Morgan fingerprint density at radius 1 is 1.08 bits per heavy atom. The van der Waals surface area contributed by atoms with Gasteiger partial charge >= 0.3 is 5.97 Å². The van der Waals surface area contributed by atoms with E-state index in [-0.39, 0.29) is 12.6 Å². The molecule has 1 atom stereocenters. The maximum absolute atomic E-state index is 12.4. The highest BCUT2D eigenvalue weighted by Gasteiger charge is 2.21. The standard InChI is InChI=1S/C20H18O5/c1-13(14-6-7-18-19(11-14)23-9-8-22-18)20(21)24-12-16-10-15-4-2-3-5-17(15)25-16/h2-7,10-11,13H,8-9,12H2,1H3. The Labute approximate surface area is 145 Å². The summed E-state index contributed by atoms with van der Waals surface area (Å²) in [7, 11) is 0. The lowest BCUT2D eigenvalue weighted by Gasteiger charge is -2.20. The number of benzene rings is 2. The summed E-state index contributed by atoms with van der Waals surface area (Å²) < 4.78 is 22.1. The summed E-state index contributed by atoms with van der Waals surface area (Å²) in [6, 6.07) is 15.1. The number of hydrogen-bond acceptors (Lipinski definition) is 5. The van der Waals surface area contributed by atoms with E-state index in [1.165, 1.54) is 0 Å². The highest BCUT2D eigenvalue weighted by molar-refractivity contribution is 5.79. The first-order valence-corrected chi connectivity index (χ1v) is 8.24. The molecular formula is C20H18O5. The fourth-order valence-electron chi connectivity index (χ4n) is 2.84. The van der Waals surface area contributed by atoms with Crippen LogP contribution < -0.4 is 9.47 Å². The predicted molar refractivity (Wildman–Crippen MR) is 91.9 cm³/mol. The van der Waals surface area contributed by atoms with Crippen LogP contribution in [0.1, 0.15) is 24.2 Å². The number of ether oxygens (including phenoxy) is 3. The molecule has 0 spiro atoms. The van der Waals surface area contributed by atoms with Crippen LogP contribution >= 0.6 is 0 Å². The van der Waals surface area contributed by atoms with Gasteiger partial charge in [-0.15, -0.1) is 0 Å². The number of carbonyl (C=O) groups excluding carboxylic acids is 1. The Kier molecular flexibility index (Phi) is 4.06. The van der Waals surface area contributed by atoms with Gasteiger partial charge < -0.3 is 18.6 Å². The van der Waals surface area contributed by atoms with Gasteiger partial charge in [0.1, 0.15) is 31.2 Å². The van der Waals surface area contributed by atoms with Gasteiger partial charge in [0.25, 0.3) is 0 Å². The number of para-hydroxylation sites is 1. The van der Waals surface area contributed by atoms with E-state index in [1.54, 1.807) is 0 Å². The second-order valence-electron chi connectivity index (χ2n) is 5.98. The normalized spacial score (nSPS) is 14.3. The minimum absolute atomic E-state index is 0.113. The SMILES string of the molecule is CC(C(=O)OCc1cc2ccccc2o1)c1ccc2c(c1)OCCO2. The molecule has 1 aliphatic rings. The predicted octanol–water partition coefficient (Wildman–Crippen LogP) is 4.05. The van der Waals surface area contributed by atoms with Crippen LogP contribution in [0.4, 0.5) is 0 Å². The van der Waals surface area contributed by atoms with Gasteiger partial charge in [-0.1, -0.05) is 24.3 Å². The molecule has 0 N–H and O–H groups in total. The van der Waals surface area contributed by atoms with E-state index >= 15 is 0 Å². The van der Waals surface area contributed by atoms with Gasteiger partial charge in [-0.2, -0.15) is 0 Å². The van der Waals surface area contributed by atoms with Crippen molar-refractivity contribution in [1.29, 1.82) is 0 Å². The van der Waals surface area contributed by atoms with Gasteiger partial charge in [0.05, 0.1) is 5.92 Å². The lowest BCUT2D eigenvalue weighted by molar-refractivity contribution is -0.146. The van der Waals surface area contributed by atoms with Crippen LogP contribution in [0.3, 0.4) is 0 Å². The van der Waals surface area contributed by atoms with Crippen LogP contribution in [0.5, 0.6) is 11.5 Å². The van der Waals surface area contributed by atoms with Crippen molar-refractivity contribution in [3.8, 4) is 11.5 Å². The van der Waals surface area contributed by atoms with Crippen LogP contribution in [0, 0.1) is 0 Å². The number of rotatable bonds is 4. The van der Waals surface area contributed by atoms with Gasteiger partial charge in [-0.05, 0) is 36.8 Å². The highest BCUT2D eigenvalue weighted by atomic mass is 16.6. The summed E-state index contributed by atoms with van der Waals surface area (Å²) in [5, 5.41) is 0.994. The maximum Gasteiger partial charge on any atom is 0.313 e. The third-order valence-electron chi connectivity index (χ3n) is 4.25. The van der Waals surface area contributed by atoms with Crippen LogP contribution in [0.2, 0.25) is 0 Å². The first kappa shape index (κ1) is 15.6. The number of furan rings is 1. The molecule has 1 aromatic heterocycles. The molecule has 0 radical (unpaired) electrons. The fourth-order valence-corrected chi connectivity index (χ4v) is 2.84. The summed E-state index contributed by atoms with van der Waals surface area (Å²) in [6.07, 6.45) is 0. The van der Waals surface area contributed by atoms with E-state index in [1.807, 2.05) is 55.5 Å².